The molecule has 0 amide bonds. The normalized spacial score (nSPS) is 17.4. The van der Waals surface area contributed by atoms with Gasteiger partial charge in [0.15, 0.2) is 0 Å². The standard InChI is InChI=1S/C15H23NO/c1-4-11(3)14(16-5-2)13-8-6-7-12-9-10-17-15(12)13/h6-8,11,14,16H,4-5,9-10H2,1-3H3. The zero-order chi connectivity index (χ0) is 12.3. The van der Waals surface area contributed by atoms with E-state index in [1.807, 2.05) is 0 Å². The maximum absolute atomic E-state index is 5.81. The predicted octanol–water partition coefficient (Wildman–Crippen LogP) is 3.32. The van der Waals surface area contributed by atoms with E-state index in [-0.39, 0.29) is 0 Å². The first-order chi connectivity index (χ1) is 8.27. The maximum Gasteiger partial charge on any atom is 0.127 e. The summed E-state index contributed by atoms with van der Waals surface area (Å²) in [5.41, 5.74) is 2.71. The minimum atomic E-state index is 0.415. The minimum Gasteiger partial charge on any atom is -0.493 e. The lowest BCUT2D eigenvalue weighted by atomic mass is 9.90. The minimum absolute atomic E-state index is 0.415. The molecule has 1 aliphatic rings. The molecule has 0 fully saturated rings. The van der Waals surface area contributed by atoms with E-state index in [1.54, 1.807) is 0 Å². The van der Waals surface area contributed by atoms with Crippen molar-refractivity contribution in [1.82, 2.24) is 5.32 Å². The third-order valence-corrected chi connectivity index (χ3v) is 3.72. The molecule has 0 saturated heterocycles. The van der Waals surface area contributed by atoms with Crippen LogP contribution in [0.1, 0.15) is 44.4 Å². The van der Waals surface area contributed by atoms with Gasteiger partial charge in [0.2, 0.25) is 0 Å². The van der Waals surface area contributed by atoms with Crippen molar-refractivity contribution in [3.05, 3.63) is 29.3 Å². The summed E-state index contributed by atoms with van der Waals surface area (Å²) in [5, 5.41) is 3.60. The second-order valence-corrected chi connectivity index (χ2v) is 4.85. The average molecular weight is 233 g/mol. The summed E-state index contributed by atoms with van der Waals surface area (Å²) >= 11 is 0. The van der Waals surface area contributed by atoms with Gasteiger partial charge in [0, 0.05) is 18.0 Å². The Morgan fingerprint density at radius 2 is 2.18 bits per heavy atom. The highest BCUT2D eigenvalue weighted by Crippen LogP contribution is 2.36. The smallest absolute Gasteiger partial charge is 0.127 e. The van der Waals surface area contributed by atoms with Crippen molar-refractivity contribution in [3.8, 4) is 5.75 Å². The highest BCUT2D eigenvalue weighted by atomic mass is 16.5. The van der Waals surface area contributed by atoms with E-state index in [0.29, 0.717) is 12.0 Å². The van der Waals surface area contributed by atoms with Gasteiger partial charge < -0.3 is 10.1 Å². The molecule has 1 aromatic rings. The molecule has 94 valence electrons. The zero-order valence-electron chi connectivity index (χ0n) is 11.1. The van der Waals surface area contributed by atoms with Crippen molar-refractivity contribution in [2.75, 3.05) is 13.2 Å². The van der Waals surface area contributed by atoms with Crippen LogP contribution in [-0.2, 0) is 6.42 Å². The van der Waals surface area contributed by atoms with Crippen LogP contribution in [0, 0.1) is 5.92 Å². The number of fused-ring (bicyclic) bond motifs is 1. The van der Waals surface area contributed by atoms with Crippen molar-refractivity contribution in [3.63, 3.8) is 0 Å². The molecule has 17 heavy (non-hydrogen) atoms. The molecule has 2 unspecified atom stereocenters. The van der Waals surface area contributed by atoms with Crippen LogP contribution in [0.25, 0.3) is 0 Å². The second-order valence-electron chi connectivity index (χ2n) is 4.85. The second kappa shape index (κ2) is 5.54. The van der Waals surface area contributed by atoms with Gasteiger partial charge in [-0.2, -0.15) is 0 Å². The van der Waals surface area contributed by atoms with Gasteiger partial charge in [-0.25, -0.2) is 0 Å². The third kappa shape index (κ3) is 2.47. The molecule has 1 aromatic carbocycles. The van der Waals surface area contributed by atoms with Gasteiger partial charge in [0.05, 0.1) is 6.61 Å². The van der Waals surface area contributed by atoms with Gasteiger partial charge in [0.25, 0.3) is 0 Å². The van der Waals surface area contributed by atoms with E-state index in [2.05, 4.69) is 44.3 Å². The van der Waals surface area contributed by atoms with Gasteiger partial charge in [-0.3, -0.25) is 0 Å². The van der Waals surface area contributed by atoms with Crippen molar-refractivity contribution in [1.29, 1.82) is 0 Å². The lowest BCUT2D eigenvalue weighted by molar-refractivity contribution is 0.331. The molecule has 2 rings (SSSR count). The molecule has 1 aliphatic heterocycles. The van der Waals surface area contributed by atoms with Crippen LogP contribution in [0.4, 0.5) is 0 Å². The Labute approximate surface area is 104 Å². The third-order valence-electron chi connectivity index (χ3n) is 3.72. The molecule has 2 nitrogen and oxygen atoms in total. The summed E-state index contributed by atoms with van der Waals surface area (Å²) in [6, 6.07) is 6.98. The van der Waals surface area contributed by atoms with E-state index in [9.17, 15) is 0 Å². The molecule has 0 radical (unpaired) electrons. The fourth-order valence-corrected chi connectivity index (χ4v) is 2.56. The molecule has 0 spiro atoms. The maximum atomic E-state index is 5.81. The number of ether oxygens (including phenoxy) is 1. The van der Waals surface area contributed by atoms with Crippen LogP contribution in [0.15, 0.2) is 18.2 Å². The van der Waals surface area contributed by atoms with Gasteiger partial charge in [-0.15, -0.1) is 0 Å². The highest BCUT2D eigenvalue weighted by molar-refractivity contribution is 5.45. The fraction of sp³-hybridized carbons (Fsp3) is 0.600. The average Bonchev–Trinajstić information content (AvgIpc) is 2.83. The SMILES string of the molecule is CCNC(c1cccc2c1OCC2)C(C)CC. The number of hydrogen-bond acceptors (Lipinski definition) is 2. The zero-order valence-corrected chi connectivity index (χ0v) is 11.1. The van der Waals surface area contributed by atoms with Crippen LogP contribution in [-0.4, -0.2) is 13.2 Å². The highest BCUT2D eigenvalue weighted by Gasteiger charge is 2.24. The lowest BCUT2D eigenvalue weighted by Crippen LogP contribution is -2.26. The molecule has 1 N–H and O–H groups in total. The van der Waals surface area contributed by atoms with E-state index in [4.69, 9.17) is 4.74 Å². The fourth-order valence-electron chi connectivity index (χ4n) is 2.56. The number of rotatable bonds is 5. The Hall–Kier alpha value is -1.02. The lowest BCUT2D eigenvalue weighted by Gasteiger charge is -2.25. The quantitative estimate of drug-likeness (QED) is 0.842. The van der Waals surface area contributed by atoms with Gasteiger partial charge in [0.1, 0.15) is 5.75 Å². The Kier molecular flexibility index (Phi) is 4.06. The van der Waals surface area contributed by atoms with E-state index >= 15 is 0 Å². The first kappa shape index (κ1) is 12.4. The summed E-state index contributed by atoms with van der Waals surface area (Å²) in [6.07, 6.45) is 2.24. The Bertz CT molecular complexity index is 375. The Balaban J connectivity index is 2.32. The van der Waals surface area contributed by atoms with Crippen LogP contribution in [0.2, 0.25) is 0 Å². The summed E-state index contributed by atoms with van der Waals surface area (Å²) < 4.78 is 5.81. The van der Waals surface area contributed by atoms with Crippen molar-refractivity contribution in [2.45, 2.75) is 39.7 Å². The molecule has 0 aromatic heterocycles. The van der Waals surface area contributed by atoms with Crippen LogP contribution >= 0.6 is 0 Å². The molecule has 0 saturated carbocycles. The van der Waals surface area contributed by atoms with Gasteiger partial charge >= 0.3 is 0 Å². The van der Waals surface area contributed by atoms with Crippen LogP contribution in [0.5, 0.6) is 5.75 Å². The number of para-hydroxylation sites is 1. The largest absolute Gasteiger partial charge is 0.493 e. The van der Waals surface area contributed by atoms with Crippen molar-refractivity contribution >= 4 is 0 Å². The summed E-state index contributed by atoms with van der Waals surface area (Å²) in [4.78, 5) is 0. The summed E-state index contributed by atoms with van der Waals surface area (Å²) in [6.45, 7) is 8.56. The molecule has 1 heterocycles. The monoisotopic (exact) mass is 233 g/mol. The van der Waals surface area contributed by atoms with E-state index < -0.39 is 0 Å². The molecular formula is C15H23NO. The summed E-state index contributed by atoms with van der Waals surface area (Å²) in [7, 11) is 0. The van der Waals surface area contributed by atoms with Gasteiger partial charge in [-0.1, -0.05) is 45.4 Å². The van der Waals surface area contributed by atoms with Crippen molar-refractivity contribution in [2.24, 2.45) is 5.92 Å². The molecule has 0 bridgehead atoms. The Morgan fingerprint density at radius 3 is 2.88 bits per heavy atom. The molecular weight excluding hydrogens is 210 g/mol. The van der Waals surface area contributed by atoms with Crippen molar-refractivity contribution < 1.29 is 4.74 Å². The Morgan fingerprint density at radius 1 is 1.35 bits per heavy atom. The van der Waals surface area contributed by atoms with Crippen LogP contribution < -0.4 is 10.1 Å². The first-order valence-corrected chi connectivity index (χ1v) is 6.75. The molecule has 0 aliphatic carbocycles. The summed E-state index contributed by atoms with van der Waals surface area (Å²) in [5.74, 6) is 1.77. The number of benzene rings is 1. The molecule has 2 heteroatoms. The molecule has 2 atom stereocenters. The number of hydrogen-bond donors (Lipinski definition) is 1. The predicted molar refractivity (Wildman–Crippen MR) is 71.5 cm³/mol. The van der Waals surface area contributed by atoms with E-state index in [1.165, 1.54) is 17.5 Å². The van der Waals surface area contributed by atoms with Gasteiger partial charge in [-0.05, 0) is 18.0 Å². The topological polar surface area (TPSA) is 21.3 Å². The number of nitrogens with one attached hydrogen (secondary N) is 1. The van der Waals surface area contributed by atoms with Crippen LogP contribution in [0.3, 0.4) is 0 Å². The van der Waals surface area contributed by atoms with E-state index in [0.717, 1.165) is 25.3 Å². The first-order valence-electron chi connectivity index (χ1n) is 6.75.